The van der Waals surface area contributed by atoms with E-state index in [0.717, 1.165) is 18.5 Å². The van der Waals surface area contributed by atoms with Gasteiger partial charge in [0.2, 0.25) is 0 Å². The molecule has 0 aliphatic carbocycles. The van der Waals surface area contributed by atoms with Crippen LogP contribution in [-0.4, -0.2) is 4.98 Å². The minimum Gasteiger partial charge on any atom is -0.271 e. The second-order valence-electron chi connectivity index (χ2n) is 4.49. The van der Waals surface area contributed by atoms with Crippen molar-refractivity contribution < 1.29 is 0 Å². The lowest BCUT2D eigenvalue weighted by atomic mass is 10.0. The molecule has 0 aliphatic rings. The van der Waals surface area contributed by atoms with Crippen molar-refractivity contribution in [2.45, 2.75) is 25.8 Å². The van der Waals surface area contributed by atoms with Crippen LogP contribution in [0, 0.1) is 3.57 Å². The summed E-state index contributed by atoms with van der Waals surface area (Å²) >= 11 is 2.31. The molecular formula is C15H18IN3. The Bertz CT molecular complexity index is 525. The second-order valence-corrected chi connectivity index (χ2v) is 5.74. The highest BCUT2D eigenvalue weighted by atomic mass is 127. The number of nitrogens with two attached hydrogens (primary N) is 1. The van der Waals surface area contributed by atoms with Crippen molar-refractivity contribution in [2.24, 2.45) is 5.84 Å². The summed E-state index contributed by atoms with van der Waals surface area (Å²) in [6.07, 6.45) is 3.75. The largest absolute Gasteiger partial charge is 0.271 e. The number of pyridine rings is 1. The Morgan fingerprint density at radius 1 is 1.32 bits per heavy atom. The van der Waals surface area contributed by atoms with Crippen molar-refractivity contribution in [3.05, 3.63) is 63.0 Å². The van der Waals surface area contributed by atoms with Crippen LogP contribution in [0.15, 0.2) is 42.6 Å². The number of aryl methyl sites for hydroxylation is 1. The van der Waals surface area contributed by atoms with E-state index in [2.05, 4.69) is 76.3 Å². The standard InChI is InChI=1S/C15H18IN3/c1-2-11-6-7-14(18-10-11)9-15(19-17)12-4-3-5-13(16)8-12/h3-8,10,15,19H,2,9,17H2,1H3. The van der Waals surface area contributed by atoms with Crippen LogP contribution >= 0.6 is 22.6 Å². The number of nitrogens with zero attached hydrogens (tertiary/aromatic N) is 1. The van der Waals surface area contributed by atoms with Gasteiger partial charge in [0.15, 0.2) is 0 Å². The first-order chi connectivity index (χ1) is 9.22. The summed E-state index contributed by atoms with van der Waals surface area (Å²) in [6.45, 7) is 2.13. The molecule has 0 saturated heterocycles. The fraction of sp³-hybridized carbons (Fsp3) is 0.267. The molecular weight excluding hydrogens is 349 g/mol. The Balaban J connectivity index is 2.14. The highest BCUT2D eigenvalue weighted by molar-refractivity contribution is 14.1. The number of rotatable bonds is 5. The lowest BCUT2D eigenvalue weighted by Gasteiger charge is -2.16. The average Bonchev–Trinajstić information content (AvgIpc) is 2.45. The van der Waals surface area contributed by atoms with E-state index in [4.69, 9.17) is 5.84 Å². The smallest absolute Gasteiger partial charge is 0.0515 e. The predicted octanol–water partition coefficient (Wildman–Crippen LogP) is 3.00. The number of nitrogens with one attached hydrogen (secondary N) is 1. The van der Waals surface area contributed by atoms with Gasteiger partial charge < -0.3 is 0 Å². The fourth-order valence-corrected chi connectivity index (χ4v) is 2.56. The Morgan fingerprint density at radius 3 is 2.74 bits per heavy atom. The van der Waals surface area contributed by atoms with Crippen LogP contribution in [0.4, 0.5) is 0 Å². The molecule has 0 fully saturated rings. The normalized spacial score (nSPS) is 12.4. The lowest BCUT2D eigenvalue weighted by molar-refractivity contribution is 0.545. The van der Waals surface area contributed by atoms with Crippen molar-refractivity contribution >= 4 is 22.6 Å². The molecule has 2 aromatic rings. The van der Waals surface area contributed by atoms with Gasteiger partial charge in [-0.05, 0) is 58.3 Å². The van der Waals surface area contributed by atoms with Gasteiger partial charge in [0.25, 0.3) is 0 Å². The van der Waals surface area contributed by atoms with Gasteiger partial charge in [-0.25, -0.2) is 0 Å². The van der Waals surface area contributed by atoms with Crippen LogP contribution in [0.2, 0.25) is 0 Å². The van der Waals surface area contributed by atoms with Crippen LogP contribution in [0.25, 0.3) is 0 Å². The Kier molecular flexibility index (Phi) is 5.30. The number of halogens is 1. The first kappa shape index (κ1) is 14.4. The molecule has 1 aromatic carbocycles. The molecule has 0 spiro atoms. The van der Waals surface area contributed by atoms with Gasteiger partial charge in [-0.15, -0.1) is 0 Å². The summed E-state index contributed by atoms with van der Waals surface area (Å²) in [5.74, 6) is 5.68. The molecule has 19 heavy (non-hydrogen) atoms. The van der Waals surface area contributed by atoms with E-state index in [1.807, 2.05) is 6.20 Å². The van der Waals surface area contributed by atoms with E-state index in [-0.39, 0.29) is 6.04 Å². The van der Waals surface area contributed by atoms with E-state index < -0.39 is 0 Å². The topological polar surface area (TPSA) is 50.9 Å². The highest BCUT2D eigenvalue weighted by Crippen LogP contribution is 2.19. The summed E-state index contributed by atoms with van der Waals surface area (Å²) in [7, 11) is 0. The molecule has 0 amide bonds. The number of benzene rings is 1. The molecule has 1 aromatic heterocycles. The molecule has 1 heterocycles. The SMILES string of the molecule is CCc1ccc(CC(NN)c2cccc(I)c2)nc1. The van der Waals surface area contributed by atoms with Crippen LogP contribution in [0.1, 0.15) is 29.8 Å². The minimum atomic E-state index is 0.0923. The fourth-order valence-electron chi connectivity index (χ4n) is 1.99. The van der Waals surface area contributed by atoms with Gasteiger partial charge in [0, 0.05) is 21.9 Å². The van der Waals surface area contributed by atoms with Gasteiger partial charge >= 0.3 is 0 Å². The van der Waals surface area contributed by atoms with Crippen LogP contribution in [0.3, 0.4) is 0 Å². The van der Waals surface area contributed by atoms with E-state index in [1.165, 1.54) is 14.7 Å². The molecule has 2 rings (SSSR count). The summed E-state index contributed by atoms with van der Waals surface area (Å²) in [6, 6.07) is 12.7. The van der Waals surface area contributed by atoms with Crippen LogP contribution in [0.5, 0.6) is 0 Å². The van der Waals surface area contributed by atoms with Crippen molar-refractivity contribution in [1.29, 1.82) is 0 Å². The maximum Gasteiger partial charge on any atom is 0.0515 e. The molecule has 0 bridgehead atoms. The molecule has 0 saturated carbocycles. The van der Waals surface area contributed by atoms with Gasteiger partial charge in [0.1, 0.15) is 0 Å². The average molecular weight is 367 g/mol. The van der Waals surface area contributed by atoms with E-state index in [1.54, 1.807) is 0 Å². The molecule has 1 atom stereocenters. The Labute approximate surface area is 127 Å². The van der Waals surface area contributed by atoms with Crippen molar-refractivity contribution in [3.63, 3.8) is 0 Å². The third-order valence-electron chi connectivity index (χ3n) is 3.16. The number of hydrogen-bond acceptors (Lipinski definition) is 3. The Hall–Kier alpha value is -0.980. The minimum absolute atomic E-state index is 0.0923. The highest BCUT2D eigenvalue weighted by Gasteiger charge is 2.11. The van der Waals surface area contributed by atoms with Crippen molar-refractivity contribution in [1.82, 2.24) is 10.4 Å². The second kappa shape index (κ2) is 6.98. The molecule has 0 aliphatic heterocycles. The first-order valence-corrected chi connectivity index (χ1v) is 7.46. The summed E-state index contributed by atoms with van der Waals surface area (Å²) in [5.41, 5.74) is 6.38. The van der Waals surface area contributed by atoms with Gasteiger partial charge in [-0.2, -0.15) is 0 Å². The summed E-state index contributed by atoms with van der Waals surface area (Å²) in [5, 5.41) is 0. The van der Waals surface area contributed by atoms with Crippen molar-refractivity contribution in [3.8, 4) is 0 Å². The van der Waals surface area contributed by atoms with Gasteiger partial charge in [-0.3, -0.25) is 16.3 Å². The van der Waals surface area contributed by atoms with E-state index in [9.17, 15) is 0 Å². The number of hydrogen-bond donors (Lipinski definition) is 2. The maximum atomic E-state index is 5.68. The maximum absolute atomic E-state index is 5.68. The van der Waals surface area contributed by atoms with Crippen molar-refractivity contribution in [2.75, 3.05) is 0 Å². The Morgan fingerprint density at radius 2 is 2.16 bits per heavy atom. The zero-order valence-electron chi connectivity index (χ0n) is 10.9. The third-order valence-corrected chi connectivity index (χ3v) is 3.83. The summed E-state index contributed by atoms with van der Waals surface area (Å²) in [4.78, 5) is 4.49. The molecule has 1 unspecified atom stereocenters. The molecule has 4 heteroatoms. The predicted molar refractivity (Wildman–Crippen MR) is 86.5 cm³/mol. The van der Waals surface area contributed by atoms with Gasteiger partial charge in [0.05, 0.1) is 6.04 Å². The van der Waals surface area contributed by atoms with Crippen LogP contribution < -0.4 is 11.3 Å². The molecule has 3 nitrogen and oxygen atoms in total. The number of aromatic nitrogens is 1. The molecule has 3 N–H and O–H groups in total. The zero-order valence-corrected chi connectivity index (χ0v) is 13.1. The lowest BCUT2D eigenvalue weighted by Crippen LogP contribution is -2.29. The van der Waals surface area contributed by atoms with Crippen LogP contribution in [-0.2, 0) is 12.8 Å². The molecule has 0 radical (unpaired) electrons. The number of hydrazine groups is 1. The van der Waals surface area contributed by atoms with Gasteiger partial charge in [-0.1, -0.05) is 25.1 Å². The molecule has 100 valence electrons. The monoisotopic (exact) mass is 367 g/mol. The third kappa shape index (κ3) is 3.99. The van der Waals surface area contributed by atoms with E-state index >= 15 is 0 Å². The zero-order chi connectivity index (χ0) is 13.7. The summed E-state index contributed by atoms with van der Waals surface area (Å²) < 4.78 is 1.21. The first-order valence-electron chi connectivity index (χ1n) is 6.38. The quantitative estimate of drug-likeness (QED) is 0.485. The van der Waals surface area contributed by atoms with E-state index in [0.29, 0.717) is 0 Å².